The van der Waals surface area contributed by atoms with Crippen molar-refractivity contribution in [1.29, 1.82) is 5.26 Å². The van der Waals surface area contributed by atoms with Gasteiger partial charge in [-0.1, -0.05) is 36.4 Å². The maximum atomic E-state index is 15.9. The maximum absolute atomic E-state index is 15.9. The van der Waals surface area contributed by atoms with E-state index in [2.05, 4.69) is 24.6 Å². The summed E-state index contributed by atoms with van der Waals surface area (Å²) in [5, 5.41) is 11.0. The number of halogens is 2. The van der Waals surface area contributed by atoms with Crippen LogP contribution < -0.4 is 9.64 Å². The largest absolute Gasteiger partial charge is 0.462 e. The monoisotopic (exact) mass is 604 g/mol. The molecule has 0 radical (unpaired) electrons. The van der Waals surface area contributed by atoms with Gasteiger partial charge in [0.25, 0.3) is 0 Å². The number of anilines is 1. The predicted molar refractivity (Wildman–Crippen MR) is 165 cm³/mol. The molecule has 2 saturated heterocycles. The quantitative estimate of drug-likeness (QED) is 0.243. The first-order valence-corrected chi connectivity index (χ1v) is 15.1. The van der Waals surface area contributed by atoms with Crippen molar-refractivity contribution in [3.05, 3.63) is 59.2 Å². The lowest BCUT2D eigenvalue weighted by molar-refractivity contribution is -0.128. The van der Waals surface area contributed by atoms with Crippen molar-refractivity contribution in [1.82, 2.24) is 19.8 Å². The van der Waals surface area contributed by atoms with Crippen LogP contribution in [0.25, 0.3) is 32.1 Å². The number of nitriles is 1. The van der Waals surface area contributed by atoms with Gasteiger partial charge in [0.1, 0.15) is 18.2 Å². The van der Waals surface area contributed by atoms with Gasteiger partial charge in [-0.3, -0.25) is 4.79 Å². The van der Waals surface area contributed by atoms with Crippen LogP contribution in [0.15, 0.2) is 49.1 Å². The van der Waals surface area contributed by atoms with E-state index in [4.69, 9.17) is 26.3 Å². The highest BCUT2D eigenvalue weighted by molar-refractivity contribution is 7.23. The van der Waals surface area contributed by atoms with Crippen molar-refractivity contribution >= 4 is 55.7 Å². The Kier molecular flexibility index (Phi) is 7.99. The number of ether oxygens (including phenoxy) is 1. The van der Waals surface area contributed by atoms with Gasteiger partial charge in [0.15, 0.2) is 0 Å². The number of hydrogen-bond donors (Lipinski definition) is 0. The number of likely N-dealkylation sites (tertiary alicyclic amines) is 1. The van der Waals surface area contributed by atoms with Crippen molar-refractivity contribution in [2.75, 3.05) is 44.7 Å². The number of carbonyl (C=O) groups excluding carboxylic acids is 1. The van der Waals surface area contributed by atoms with Crippen molar-refractivity contribution < 1.29 is 13.9 Å². The van der Waals surface area contributed by atoms with E-state index in [1.807, 2.05) is 29.2 Å². The van der Waals surface area contributed by atoms with E-state index in [0.717, 1.165) is 35.0 Å². The molecule has 2 aromatic heterocycles. The van der Waals surface area contributed by atoms with Gasteiger partial charge in [-0.15, -0.1) is 11.3 Å². The molecule has 2 atom stereocenters. The highest BCUT2D eigenvalue weighted by Crippen LogP contribution is 2.40. The number of piperazine rings is 1. The molecule has 1 amide bonds. The molecule has 2 aliphatic rings. The summed E-state index contributed by atoms with van der Waals surface area (Å²) in [7, 11) is 2.08. The zero-order chi connectivity index (χ0) is 29.4. The third kappa shape index (κ3) is 5.40. The van der Waals surface area contributed by atoms with Crippen LogP contribution in [0, 0.1) is 17.1 Å². The van der Waals surface area contributed by atoms with Crippen LogP contribution in [0.5, 0.6) is 6.01 Å². The summed E-state index contributed by atoms with van der Waals surface area (Å²) in [6, 6.07) is 13.2. The number of fused-ring (bicyclic) bond motifs is 2. The number of rotatable bonds is 7. The molecule has 0 N–H and O–H groups in total. The number of aromatic nitrogens is 2. The van der Waals surface area contributed by atoms with E-state index in [0.29, 0.717) is 52.9 Å². The maximum Gasteiger partial charge on any atom is 0.319 e. The van der Waals surface area contributed by atoms with Gasteiger partial charge in [-0.2, -0.15) is 15.2 Å². The summed E-state index contributed by atoms with van der Waals surface area (Å²) in [6.07, 6.45) is 3.57. The van der Waals surface area contributed by atoms with Gasteiger partial charge in [0.05, 0.1) is 28.4 Å². The van der Waals surface area contributed by atoms with Crippen molar-refractivity contribution in [3.8, 4) is 23.2 Å². The van der Waals surface area contributed by atoms with Gasteiger partial charge in [0, 0.05) is 46.9 Å². The Labute approximate surface area is 252 Å². The topological polar surface area (TPSA) is 85.6 Å². The van der Waals surface area contributed by atoms with Crippen molar-refractivity contribution in [2.45, 2.75) is 31.3 Å². The molecule has 11 heteroatoms. The molecule has 42 heavy (non-hydrogen) atoms. The Balaban J connectivity index is 1.44. The van der Waals surface area contributed by atoms with Crippen molar-refractivity contribution in [2.24, 2.45) is 0 Å². The molecule has 2 aromatic carbocycles. The molecule has 8 nitrogen and oxygen atoms in total. The average molecular weight is 605 g/mol. The van der Waals surface area contributed by atoms with E-state index in [1.54, 1.807) is 11.0 Å². The molecule has 4 heterocycles. The second-order valence-electron chi connectivity index (χ2n) is 10.7. The summed E-state index contributed by atoms with van der Waals surface area (Å²) in [5.41, 5.74) is 1.71. The second kappa shape index (κ2) is 11.8. The van der Waals surface area contributed by atoms with Crippen LogP contribution in [0.3, 0.4) is 0 Å². The highest BCUT2D eigenvalue weighted by atomic mass is 35.5. The van der Waals surface area contributed by atoms with Gasteiger partial charge in [-0.05, 0) is 56.1 Å². The summed E-state index contributed by atoms with van der Waals surface area (Å²) >= 11 is 7.72. The summed E-state index contributed by atoms with van der Waals surface area (Å²) in [5.74, 6) is -0.100. The molecule has 0 spiro atoms. The van der Waals surface area contributed by atoms with E-state index in [9.17, 15) is 10.1 Å². The first-order chi connectivity index (χ1) is 20.4. The molecule has 0 bridgehead atoms. The van der Waals surface area contributed by atoms with Gasteiger partial charge >= 0.3 is 6.01 Å². The zero-order valence-electron chi connectivity index (χ0n) is 23.2. The Bertz CT molecular complexity index is 1720. The van der Waals surface area contributed by atoms with E-state index in [-0.39, 0.29) is 30.4 Å². The van der Waals surface area contributed by atoms with Crippen LogP contribution in [-0.2, 0) is 4.79 Å². The number of hydrogen-bond acceptors (Lipinski definition) is 8. The minimum absolute atomic E-state index is 0.155. The van der Waals surface area contributed by atoms with Crippen LogP contribution in [0.2, 0.25) is 4.34 Å². The zero-order valence-corrected chi connectivity index (χ0v) is 24.8. The number of thiophene rings is 1. The van der Waals surface area contributed by atoms with Gasteiger partial charge in [-0.25, -0.2) is 4.39 Å². The van der Waals surface area contributed by atoms with Crippen LogP contribution in [-0.4, -0.2) is 77.6 Å². The third-order valence-electron chi connectivity index (χ3n) is 8.19. The van der Waals surface area contributed by atoms with Crippen molar-refractivity contribution in [3.63, 3.8) is 0 Å². The van der Waals surface area contributed by atoms with E-state index in [1.165, 1.54) is 23.5 Å². The first-order valence-electron chi connectivity index (χ1n) is 13.9. The lowest BCUT2D eigenvalue weighted by atomic mass is 10.0. The highest BCUT2D eigenvalue weighted by Gasteiger charge is 2.31. The molecule has 0 aliphatic carbocycles. The Hall–Kier alpha value is -3.78. The lowest BCUT2D eigenvalue weighted by Crippen LogP contribution is -2.55. The van der Waals surface area contributed by atoms with Crippen LogP contribution >= 0.6 is 22.9 Å². The number of nitrogens with zero attached hydrogens (tertiary/aromatic N) is 6. The molecule has 2 fully saturated rings. The summed E-state index contributed by atoms with van der Waals surface area (Å²) < 4.78 is 23.7. The number of carbonyl (C=O) groups is 1. The summed E-state index contributed by atoms with van der Waals surface area (Å²) in [6.45, 7) is 6.27. The third-order valence-corrected chi connectivity index (χ3v) is 9.50. The molecule has 216 valence electrons. The Morgan fingerprint density at radius 3 is 2.86 bits per heavy atom. The molecular formula is C31H30ClFN6O2S. The SMILES string of the molecule is C=CC(=O)N1CCN(c2nc(OC[C@@H]3CCCN3C)nc3cc(-c4cccc5cc(Cl)sc45)c(F)cc23)C[C@@H]1CC#N. The Morgan fingerprint density at radius 1 is 1.24 bits per heavy atom. The van der Waals surface area contributed by atoms with Gasteiger partial charge < -0.3 is 19.4 Å². The molecule has 0 saturated carbocycles. The smallest absolute Gasteiger partial charge is 0.319 e. The summed E-state index contributed by atoms with van der Waals surface area (Å²) in [4.78, 5) is 27.9. The minimum Gasteiger partial charge on any atom is -0.462 e. The number of benzene rings is 2. The standard InChI is InChI=1S/C31H30ClFN6O2S/c1-3-28(40)39-13-12-38(17-20(39)9-10-34)30-24-15-25(33)23(22-8-4-6-19-14-27(32)42-29(19)22)16-26(24)35-31(36-30)41-18-21-7-5-11-37(21)2/h3-4,6,8,14-16,20-21H,1,5,7,9,11-13,17-18H2,2H3/t20-,21-/m0/s1. The van der Waals surface area contributed by atoms with E-state index < -0.39 is 5.82 Å². The lowest BCUT2D eigenvalue weighted by Gasteiger charge is -2.41. The van der Waals surface area contributed by atoms with E-state index >= 15 is 4.39 Å². The molecule has 6 rings (SSSR count). The molecule has 4 aromatic rings. The second-order valence-corrected chi connectivity index (χ2v) is 12.4. The fourth-order valence-electron chi connectivity index (χ4n) is 5.96. The van der Waals surface area contributed by atoms with Gasteiger partial charge in [0.2, 0.25) is 5.91 Å². The first kappa shape index (κ1) is 28.3. The fourth-order valence-corrected chi connectivity index (χ4v) is 7.23. The normalized spacial score (nSPS) is 19.4. The van der Waals surface area contributed by atoms with Crippen LogP contribution in [0.1, 0.15) is 19.3 Å². The predicted octanol–water partition coefficient (Wildman–Crippen LogP) is 5.89. The minimum atomic E-state index is -0.403. The number of amides is 1. The molecule has 2 aliphatic heterocycles. The molecular weight excluding hydrogens is 575 g/mol. The van der Waals surface area contributed by atoms with Crippen LogP contribution in [0.4, 0.5) is 10.2 Å². The Morgan fingerprint density at radius 2 is 2.10 bits per heavy atom. The average Bonchev–Trinajstić information content (AvgIpc) is 3.59. The molecule has 0 unspecified atom stereocenters. The fraction of sp³-hybridized carbons (Fsp3) is 0.355. The number of likely N-dealkylation sites (N-methyl/N-ethyl adjacent to an activating group) is 1.